The minimum absolute atomic E-state index is 0.0490. The van der Waals surface area contributed by atoms with Crippen molar-refractivity contribution in [2.45, 2.75) is 6.61 Å². The summed E-state index contributed by atoms with van der Waals surface area (Å²) in [6.45, 7) is 0.0490. The number of fused-ring (bicyclic) bond motifs is 1. The van der Waals surface area contributed by atoms with Gasteiger partial charge in [0.25, 0.3) is 11.5 Å². The number of anilines is 1. The lowest BCUT2D eigenvalue weighted by Gasteiger charge is -2.13. The van der Waals surface area contributed by atoms with Gasteiger partial charge in [-0.15, -0.1) is 0 Å². The van der Waals surface area contributed by atoms with Gasteiger partial charge in [0.2, 0.25) is 0 Å². The molecule has 1 N–H and O–H groups in total. The van der Waals surface area contributed by atoms with E-state index in [1.54, 1.807) is 60.7 Å². The van der Waals surface area contributed by atoms with Gasteiger partial charge in [0.1, 0.15) is 18.0 Å². The minimum atomic E-state index is -0.351. The van der Waals surface area contributed by atoms with Gasteiger partial charge in [-0.25, -0.2) is 4.98 Å². The largest absolute Gasteiger partial charge is 0.485 e. The van der Waals surface area contributed by atoms with Crippen molar-refractivity contribution in [1.82, 2.24) is 9.38 Å². The fourth-order valence-electron chi connectivity index (χ4n) is 2.88. The molecule has 0 aliphatic rings. The van der Waals surface area contributed by atoms with Gasteiger partial charge in [-0.05, 0) is 36.4 Å². The fraction of sp³-hybridized carbons (Fsp3) is 0.0455. The van der Waals surface area contributed by atoms with Gasteiger partial charge in [0.15, 0.2) is 0 Å². The van der Waals surface area contributed by atoms with Crippen LogP contribution in [0.5, 0.6) is 5.75 Å². The molecule has 2 aromatic carbocycles. The Kier molecular flexibility index (Phi) is 5.70. The predicted molar refractivity (Wildman–Crippen MR) is 117 cm³/mol. The number of benzene rings is 2. The molecule has 0 bridgehead atoms. The van der Waals surface area contributed by atoms with Crippen molar-refractivity contribution >= 4 is 40.4 Å². The third-order valence-electron chi connectivity index (χ3n) is 4.31. The molecule has 0 aliphatic heterocycles. The fourth-order valence-corrected chi connectivity index (χ4v) is 3.26. The second-order valence-corrected chi connectivity index (χ2v) is 7.22. The maximum atomic E-state index is 12.6. The number of aromatic nitrogens is 2. The van der Waals surface area contributed by atoms with Crippen molar-refractivity contribution in [2.75, 3.05) is 5.32 Å². The molecule has 0 fully saturated rings. The average molecular weight is 440 g/mol. The molecule has 0 radical (unpaired) electrons. The van der Waals surface area contributed by atoms with E-state index in [0.717, 1.165) is 0 Å². The number of pyridine rings is 1. The van der Waals surface area contributed by atoms with Crippen LogP contribution in [0.1, 0.15) is 16.1 Å². The summed E-state index contributed by atoms with van der Waals surface area (Å²) >= 11 is 12.0. The summed E-state index contributed by atoms with van der Waals surface area (Å²) in [6.07, 6.45) is 1.51. The van der Waals surface area contributed by atoms with Crippen molar-refractivity contribution in [2.24, 2.45) is 0 Å². The Labute approximate surface area is 181 Å². The summed E-state index contributed by atoms with van der Waals surface area (Å²) in [4.78, 5) is 29.3. The molecule has 0 unspecified atom stereocenters. The van der Waals surface area contributed by atoms with Crippen molar-refractivity contribution in [1.29, 1.82) is 0 Å². The Morgan fingerprint density at radius 2 is 1.80 bits per heavy atom. The molecule has 1 amide bonds. The van der Waals surface area contributed by atoms with Crippen molar-refractivity contribution < 1.29 is 9.53 Å². The lowest BCUT2D eigenvalue weighted by Crippen LogP contribution is -2.16. The Hall–Kier alpha value is -3.35. The number of nitrogens with zero attached hydrogens (tertiary/aromatic N) is 2. The van der Waals surface area contributed by atoms with E-state index in [1.165, 1.54) is 16.7 Å². The molecule has 4 aromatic rings. The molecule has 0 saturated heterocycles. The van der Waals surface area contributed by atoms with E-state index >= 15 is 0 Å². The number of ether oxygens (including phenoxy) is 1. The summed E-state index contributed by atoms with van der Waals surface area (Å²) in [5.41, 5.74) is 1.49. The number of halogens is 2. The first-order valence-corrected chi connectivity index (χ1v) is 9.72. The number of carbonyl (C=O) groups excluding carboxylic acids is 1. The Morgan fingerprint density at radius 1 is 1.03 bits per heavy atom. The van der Waals surface area contributed by atoms with Gasteiger partial charge in [-0.2, -0.15) is 0 Å². The first-order valence-electron chi connectivity index (χ1n) is 8.97. The number of carbonyl (C=O) groups is 1. The summed E-state index contributed by atoms with van der Waals surface area (Å²) < 4.78 is 7.20. The molecule has 2 aromatic heterocycles. The summed E-state index contributed by atoms with van der Waals surface area (Å²) in [7, 11) is 0. The van der Waals surface area contributed by atoms with E-state index in [0.29, 0.717) is 38.4 Å². The van der Waals surface area contributed by atoms with Gasteiger partial charge in [-0.1, -0.05) is 47.5 Å². The lowest BCUT2D eigenvalue weighted by molar-refractivity contribution is 0.102. The van der Waals surface area contributed by atoms with E-state index in [2.05, 4.69) is 10.3 Å². The molecule has 30 heavy (non-hydrogen) atoms. The molecule has 0 aliphatic carbocycles. The summed E-state index contributed by atoms with van der Waals surface area (Å²) in [6, 6.07) is 18.5. The van der Waals surface area contributed by atoms with Gasteiger partial charge in [0, 0.05) is 12.3 Å². The zero-order chi connectivity index (χ0) is 21.1. The number of amides is 1. The molecule has 0 saturated carbocycles. The maximum absolute atomic E-state index is 12.6. The van der Waals surface area contributed by atoms with Crippen molar-refractivity contribution in [3.05, 3.63) is 105 Å². The second kappa shape index (κ2) is 8.57. The quantitative estimate of drug-likeness (QED) is 0.483. The van der Waals surface area contributed by atoms with E-state index in [1.807, 2.05) is 0 Å². The number of nitrogens with one attached hydrogen (secondary N) is 1. The Balaban J connectivity index is 1.54. The van der Waals surface area contributed by atoms with E-state index in [4.69, 9.17) is 27.9 Å². The third-order valence-corrected chi connectivity index (χ3v) is 4.86. The third kappa shape index (κ3) is 4.30. The van der Waals surface area contributed by atoms with Crippen LogP contribution in [0, 0.1) is 0 Å². The van der Waals surface area contributed by atoms with Crippen LogP contribution in [-0.4, -0.2) is 15.3 Å². The smallest absolute Gasteiger partial charge is 0.258 e. The van der Waals surface area contributed by atoms with Gasteiger partial charge >= 0.3 is 0 Å². The number of hydrogen-bond acceptors (Lipinski definition) is 4. The predicted octanol–water partition coefficient (Wildman–Crippen LogP) is 4.83. The minimum Gasteiger partial charge on any atom is -0.485 e. The van der Waals surface area contributed by atoms with Gasteiger partial charge in [0.05, 0.1) is 27.0 Å². The lowest BCUT2D eigenvalue weighted by atomic mass is 10.2. The van der Waals surface area contributed by atoms with Crippen LogP contribution in [0.4, 0.5) is 5.69 Å². The number of para-hydroxylation sites is 2. The van der Waals surface area contributed by atoms with Crippen LogP contribution >= 0.6 is 23.2 Å². The van der Waals surface area contributed by atoms with Crippen molar-refractivity contribution in [3.63, 3.8) is 0 Å². The van der Waals surface area contributed by atoms with Crippen molar-refractivity contribution in [3.8, 4) is 5.75 Å². The molecule has 8 heteroatoms. The van der Waals surface area contributed by atoms with Crippen LogP contribution < -0.4 is 15.6 Å². The first kappa shape index (κ1) is 19.9. The average Bonchev–Trinajstić information content (AvgIpc) is 2.74. The van der Waals surface area contributed by atoms with E-state index in [9.17, 15) is 9.59 Å². The second-order valence-electron chi connectivity index (χ2n) is 6.38. The van der Waals surface area contributed by atoms with Crippen LogP contribution in [0.25, 0.3) is 5.65 Å². The van der Waals surface area contributed by atoms with Gasteiger partial charge < -0.3 is 10.1 Å². The standard InChI is InChI=1S/C22H15Cl2N3O3/c23-14-9-10-20-25-15(11-21(28)27(20)12-14)13-30-19-8-4-3-7-18(19)26-22(29)16-5-1-2-6-17(16)24/h1-12H,13H2,(H,26,29). The summed E-state index contributed by atoms with van der Waals surface area (Å²) in [5.74, 6) is 0.0895. The van der Waals surface area contributed by atoms with Crippen LogP contribution in [0.2, 0.25) is 10.0 Å². The molecule has 2 heterocycles. The highest BCUT2D eigenvalue weighted by Gasteiger charge is 2.13. The highest BCUT2D eigenvalue weighted by molar-refractivity contribution is 6.34. The summed E-state index contributed by atoms with van der Waals surface area (Å²) in [5, 5.41) is 3.60. The normalized spacial score (nSPS) is 10.7. The molecular weight excluding hydrogens is 425 g/mol. The van der Waals surface area contributed by atoms with Gasteiger partial charge in [-0.3, -0.25) is 14.0 Å². The molecule has 150 valence electrons. The van der Waals surface area contributed by atoms with Crippen LogP contribution in [0.3, 0.4) is 0 Å². The SMILES string of the molecule is O=C(Nc1ccccc1OCc1cc(=O)n2cc(Cl)ccc2n1)c1ccccc1Cl. The van der Waals surface area contributed by atoms with E-state index in [-0.39, 0.29) is 18.1 Å². The zero-order valence-corrected chi connectivity index (χ0v) is 17.0. The topological polar surface area (TPSA) is 72.7 Å². The monoisotopic (exact) mass is 439 g/mol. The maximum Gasteiger partial charge on any atom is 0.258 e. The molecular formula is C22H15Cl2N3O3. The molecule has 6 nitrogen and oxygen atoms in total. The first-order chi connectivity index (χ1) is 14.5. The molecule has 4 rings (SSSR count). The Bertz CT molecular complexity index is 1300. The Morgan fingerprint density at radius 3 is 2.63 bits per heavy atom. The molecule has 0 atom stereocenters. The number of rotatable bonds is 5. The van der Waals surface area contributed by atoms with Crippen LogP contribution in [-0.2, 0) is 6.61 Å². The zero-order valence-electron chi connectivity index (χ0n) is 15.5. The highest BCUT2D eigenvalue weighted by atomic mass is 35.5. The van der Waals surface area contributed by atoms with Crippen LogP contribution in [0.15, 0.2) is 77.7 Å². The van der Waals surface area contributed by atoms with E-state index < -0.39 is 0 Å². The highest BCUT2D eigenvalue weighted by Crippen LogP contribution is 2.26. The molecule has 0 spiro atoms. The number of hydrogen-bond donors (Lipinski definition) is 1.